The smallest absolute Gasteiger partial charge is 0.318 e. The van der Waals surface area contributed by atoms with E-state index < -0.39 is 130 Å². The summed E-state index contributed by atoms with van der Waals surface area (Å²) in [5.74, 6) is -12.4. The molecule has 0 bridgehead atoms. The van der Waals surface area contributed by atoms with Crippen molar-refractivity contribution in [3.63, 3.8) is 0 Å². The molecule has 1 heterocycles. The quantitative estimate of drug-likeness (QED) is 0.0146. The molecule has 0 fully saturated rings. The van der Waals surface area contributed by atoms with Gasteiger partial charge in [-0.2, -0.15) is 0 Å². The van der Waals surface area contributed by atoms with E-state index in [0.29, 0.717) is 17.2 Å². The van der Waals surface area contributed by atoms with Gasteiger partial charge in [-0.3, -0.25) is 49.0 Å². The number of nitrogens with zero attached hydrogens (tertiary/aromatic N) is 8. The molecule has 0 aliphatic rings. The average Bonchev–Trinajstić information content (AvgIpc) is 3.26. The largest absolute Gasteiger partial charge is 0.370 e. The Bertz CT molecular complexity index is 2570. The summed E-state index contributed by atoms with van der Waals surface area (Å²) in [6.45, 7) is -0.707. The lowest BCUT2D eigenvalue weighted by Gasteiger charge is -2.30. The van der Waals surface area contributed by atoms with Crippen LogP contribution in [0, 0.1) is 20.2 Å². The van der Waals surface area contributed by atoms with Gasteiger partial charge in [-0.15, -0.1) is 0 Å². The second-order valence-corrected chi connectivity index (χ2v) is 14.2. The van der Waals surface area contributed by atoms with Crippen molar-refractivity contribution in [2.75, 3.05) is 4.90 Å². The Balaban J connectivity index is 2.03. The summed E-state index contributed by atoms with van der Waals surface area (Å²) < 4.78 is 0. The number of aliphatic hydroxyl groups is 1. The van der Waals surface area contributed by atoms with Gasteiger partial charge in [-0.1, -0.05) is 59.6 Å². The van der Waals surface area contributed by atoms with Gasteiger partial charge < -0.3 is 88.2 Å². The molecule has 24 N–H and O–H groups in total. The molecule has 3 aromatic rings. The molecule has 0 radical (unpaired) electrons. The van der Waals surface area contributed by atoms with E-state index in [9.17, 15) is 54.1 Å². The SMILES string of the molecule is NC(=O)C(N=C(N)N)NC(=O)C(N=C(N)N)NC(=O)C(N=C(N)N)NC(=O)C(N=C(N)N)NC(=O)C(NC(=O)C(O)N(Cc1c(Cl)cccc1Cl)c1ncc([N+](=O)[O-])cc1[N+](=O)[O-])c1ccccc1. The van der Waals surface area contributed by atoms with Crippen LogP contribution in [-0.4, -0.2) is 110 Å². The molecular formula is C34H42Cl2N22O11. The monoisotopic (exact) mass is 1000 g/mol. The van der Waals surface area contributed by atoms with Crippen molar-refractivity contribution >= 4 is 99.7 Å². The molecule has 0 saturated carbocycles. The zero-order valence-corrected chi connectivity index (χ0v) is 36.5. The highest BCUT2D eigenvalue weighted by Gasteiger charge is 2.37. The number of hydrogen-bond acceptors (Lipinski definition) is 17. The summed E-state index contributed by atoms with van der Waals surface area (Å²) in [5.41, 5.74) is 46.6. The fraction of sp³-hybridized carbons (Fsp3) is 0.206. The number of pyridine rings is 1. The minimum absolute atomic E-state index is 0.00659. The van der Waals surface area contributed by atoms with Gasteiger partial charge in [0.1, 0.15) is 12.2 Å². The molecule has 368 valence electrons. The number of nitro groups is 2. The molecule has 6 amide bonds. The zero-order chi connectivity index (χ0) is 51.9. The number of aromatic nitrogens is 1. The number of carbonyl (C=O) groups is 6. The second kappa shape index (κ2) is 24.2. The van der Waals surface area contributed by atoms with Crippen LogP contribution >= 0.6 is 23.2 Å². The van der Waals surface area contributed by atoms with Gasteiger partial charge in [0.2, 0.25) is 42.6 Å². The summed E-state index contributed by atoms with van der Waals surface area (Å²) >= 11 is 12.7. The fourth-order valence-corrected chi connectivity index (χ4v) is 5.93. The third kappa shape index (κ3) is 15.6. The van der Waals surface area contributed by atoms with E-state index in [1.165, 1.54) is 48.5 Å². The highest BCUT2D eigenvalue weighted by molar-refractivity contribution is 6.36. The maximum atomic E-state index is 14.1. The van der Waals surface area contributed by atoms with Gasteiger partial charge in [0, 0.05) is 15.6 Å². The van der Waals surface area contributed by atoms with E-state index in [1.807, 2.05) is 16.0 Å². The van der Waals surface area contributed by atoms with Gasteiger partial charge in [0.05, 0.1) is 22.5 Å². The normalized spacial score (nSPS) is 13.1. The average molecular weight is 1010 g/mol. The predicted molar refractivity (Wildman–Crippen MR) is 244 cm³/mol. The van der Waals surface area contributed by atoms with Gasteiger partial charge in [0.15, 0.2) is 23.8 Å². The number of guanidine groups is 4. The standard InChI is InChI=1S/C34H42Cl2N22O11/c35-15-7-4-8-16(36)14(15)11-56(24-17(58(68)69)9-13(10-46-24)57(66)67)30(65)29(64)47-18(12-5-2-1-3-6-12)25(60)49-21(53-32(40)41)27(62)51-23(55-34(44)45)28(63)50-22(54-33(42)43)26(61)48-20(19(37)59)52-31(38)39/h1-10,18,20-23,30,65H,11H2,(H2,37,59)(H,47,64)(H,48,61)(H,49,60)(H,50,63)(H,51,62)(H4,38,39,52)(H4,40,41,53)(H4,42,43,54)(H4,44,45,55). The summed E-state index contributed by atoms with van der Waals surface area (Å²) in [5, 5.41) is 45.5. The number of amides is 6. The van der Waals surface area contributed by atoms with Crippen molar-refractivity contribution in [1.29, 1.82) is 0 Å². The minimum atomic E-state index is -2.54. The number of rotatable bonds is 22. The number of nitrogens with one attached hydrogen (secondary N) is 5. The van der Waals surface area contributed by atoms with Gasteiger partial charge in [0.25, 0.3) is 35.2 Å². The topological polar surface area (TPSA) is 569 Å². The van der Waals surface area contributed by atoms with E-state index >= 15 is 0 Å². The van der Waals surface area contributed by atoms with Crippen LogP contribution in [-0.2, 0) is 35.3 Å². The molecule has 0 aliphatic heterocycles. The minimum Gasteiger partial charge on any atom is -0.370 e. The number of aliphatic hydroxyl groups excluding tert-OH is 1. The van der Waals surface area contributed by atoms with E-state index in [0.717, 1.165) is 0 Å². The summed E-state index contributed by atoms with van der Waals surface area (Å²) in [4.78, 5) is 121. The Hall–Kier alpha value is -9.37. The number of halogens is 2. The van der Waals surface area contributed by atoms with Gasteiger partial charge >= 0.3 is 5.69 Å². The number of primary amides is 1. The summed E-state index contributed by atoms with van der Waals surface area (Å²) in [6.07, 6.45) is -10.4. The lowest BCUT2D eigenvalue weighted by atomic mass is 10.1. The number of carbonyl (C=O) groups excluding carboxylic acids is 6. The van der Waals surface area contributed by atoms with Crippen molar-refractivity contribution in [3.05, 3.63) is 102 Å². The van der Waals surface area contributed by atoms with Crippen LogP contribution in [0.1, 0.15) is 17.2 Å². The zero-order valence-electron chi connectivity index (χ0n) is 35.0. The molecule has 69 heavy (non-hydrogen) atoms. The van der Waals surface area contributed by atoms with Crippen LogP contribution in [0.15, 0.2) is 80.8 Å². The van der Waals surface area contributed by atoms with Crippen molar-refractivity contribution < 1.29 is 43.7 Å². The molecule has 0 saturated heterocycles. The highest BCUT2D eigenvalue weighted by atomic mass is 35.5. The molecule has 6 atom stereocenters. The van der Waals surface area contributed by atoms with Crippen molar-refractivity contribution in [2.24, 2.45) is 71.6 Å². The molecule has 1 aromatic heterocycles. The van der Waals surface area contributed by atoms with Gasteiger partial charge in [-0.25, -0.2) is 25.0 Å². The van der Waals surface area contributed by atoms with E-state index in [4.69, 9.17) is 74.8 Å². The van der Waals surface area contributed by atoms with Crippen molar-refractivity contribution in [1.82, 2.24) is 31.6 Å². The van der Waals surface area contributed by atoms with Crippen LogP contribution in [0.4, 0.5) is 17.2 Å². The van der Waals surface area contributed by atoms with E-state index in [1.54, 1.807) is 0 Å². The third-order valence-corrected chi connectivity index (χ3v) is 9.07. The molecule has 6 unspecified atom stereocenters. The molecule has 0 spiro atoms. The van der Waals surface area contributed by atoms with Crippen LogP contribution in [0.25, 0.3) is 0 Å². The third-order valence-electron chi connectivity index (χ3n) is 8.36. The number of hydrogen-bond donors (Lipinski definition) is 15. The highest BCUT2D eigenvalue weighted by Crippen LogP contribution is 2.34. The number of nitrogens with two attached hydrogens (primary N) is 9. The molecule has 0 aliphatic carbocycles. The predicted octanol–water partition coefficient (Wildman–Crippen LogP) is -6.26. The first kappa shape index (κ1) is 54.0. The summed E-state index contributed by atoms with van der Waals surface area (Å²) in [7, 11) is 0. The Morgan fingerprint density at radius 1 is 0.623 bits per heavy atom. The van der Waals surface area contributed by atoms with Crippen molar-refractivity contribution in [2.45, 2.75) is 43.5 Å². The molecular weight excluding hydrogens is 963 g/mol. The van der Waals surface area contributed by atoms with Gasteiger partial charge in [-0.05, 0) is 17.7 Å². The molecule has 35 heteroatoms. The first-order chi connectivity index (χ1) is 32.3. The first-order valence-corrected chi connectivity index (χ1v) is 19.4. The van der Waals surface area contributed by atoms with E-state index in [-0.39, 0.29) is 21.2 Å². The van der Waals surface area contributed by atoms with E-state index in [2.05, 4.69) is 35.6 Å². The van der Waals surface area contributed by atoms with Crippen LogP contribution < -0.4 is 83.1 Å². The lowest BCUT2D eigenvalue weighted by Crippen LogP contribution is -2.58. The molecule has 33 nitrogen and oxygen atoms in total. The molecule has 2 aromatic carbocycles. The molecule has 3 rings (SSSR count). The Morgan fingerprint density at radius 3 is 1.48 bits per heavy atom. The fourth-order valence-electron chi connectivity index (χ4n) is 5.42. The van der Waals surface area contributed by atoms with Crippen LogP contribution in [0.5, 0.6) is 0 Å². The Labute approximate surface area is 396 Å². The lowest BCUT2D eigenvalue weighted by molar-refractivity contribution is -0.394. The maximum absolute atomic E-state index is 14.1. The second-order valence-electron chi connectivity index (χ2n) is 13.4. The Morgan fingerprint density at radius 2 is 1.06 bits per heavy atom. The Kier molecular flexibility index (Phi) is 19.0. The number of benzene rings is 2. The first-order valence-electron chi connectivity index (χ1n) is 18.7. The van der Waals surface area contributed by atoms with Crippen molar-refractivity contribution in [3.8, 4) is 0 Å². The maximum Gasteiger partial charge on any atom is 0.318 e. The van der Waals surface area contributed by atoms with Crippen LogP contribution in [0.3, 0.4) is 0 Å². The van der Waals surface area contributed by atoms with Crippen LogP contribution in [0.2, 0.25) is 10.0 Å². The number of anilines is 1. The number of aliphatic imine (C=N–C) groups is 4. The summed E-state index contributed by atoms with van der Waals surface area (Å²) in [6, 6.07) is 9.71.